The van der Waals surface area contributed by atoms with Crippen molar-refractivity contribution in [2.75, 3.05) is 10.6 Å². The van der Waals surface area contributed by atoms with E-state index in [4.69, 9.17) is 0 Å². The van der Waals surface area contributed by atoms with Crippen LogP contribution in [0.15, 0.2) is 24.3 Å². The third-order valence-electron chi connectivity index (χ3n) is 4.33. The highest BCUT2D eigenvalue weighted by Gasteiger charge is 2.29. The molecule has 2 N–H and O–H groups in total. The van der Waals surface area contributed by atoms with E-state index in [1.54, 1.807) is 0 Å². The van der Waals surface area contributed by atoms with Crippen LogP contribution in [-0.4, -0.2) is 11.8 Å². The Balaban J connectivity index is 1.48. The summed E-state index contributed by atoms with van der Waals surface area (Å²) in [5, 5.41) is 5.82. The van der Waals surface area contributed by atoms with Gasteiger partial charge in [0.15, 0.2) is 0 Å². The first-order valence-electron chi connectivity index (χ1n) is 7.91. The molecule has 2 saturated carbocycles. The Bertz CT molecular complexity index is 514. The Labute approximate surface area is 125 Å². The highest BCUT2D eigenvalue weighted by atomic mass is 16.2. The summed E-state index contributed by atoms with van der Waals surface area (Å²) in [6, 6.07) is 7.36. The van der Waals surface area contributed by atoms with Gasteiger partial charge in [0.1, 0.15) is 0 Å². The number of nitrogens with one attached hydrogen (secondary N) is 2. The minimum atomic E-state index is 0.0941. The van der Waals surface area contributed by atoms with Crippen LogP contribution in [-0.2, 0) is 9.59 Å². The molecule has 0 radical (unpaired) electrons. The van der Waals surface area contributed by atoms with E-state index < -0.39 is 0 Å². The Morgan fingerprint density at radius 2 is 1.48 bits per heavy atom. The number of carbonyl (C=O) groups is 2. The van der Waals surface area contributed by atoms with Gasteiger partial charge in [0, 0.05) is 23.7 Å². The van der Waals surface area contributed by atoms with Gasteiger partial charge >= 0.3 is 0 Å². The molecule has 0 aromatic heterocycles. The van der Waals surface area contributed by atoms with Crippen LogP contribution in [0.25, 0.3) is 0 Å². The zero-order chi connectivity index (χ0) is 14.7. The van der Waals surface area contributed by atoms with Crippen LogP contribution < -0.4 is 10.6 Å². The molecule has 0 heterocycles. The third-order valence-corrected chi connectivity index (χ3v) is 4.33. The lowest BCUT2D eigenvalue weighted by molar-refractivity contribution is -0.118. The average molecular weight is 286 g/mol. The van der Waals surface area contributed by atoms with Gasteiger partial charge < -0.3 is 10.6 Å². The molecule has 2 aliphatic carbocycles. The average Bonchev–Trinajstić information content (AvgIpc) is 3.20. The fourth-order valence-corrected chi connectivity index (χ4v) is 2.92. The molecule has 3 rings (SSSR count). The van der Waals surface area contributed by atoms with E-state index in [-0.39, 0.29) is 17.7 Å². The summed E-state index contributed by atoms with van der Waals surface area (Å²) in [5.74, 6) is 0.961. The fourth-order valence-electron chi connectivity index (χ4n) is 2.92. The first kappa shape index (κ1) is 14.1. The lowest BCUT2D eigenvalue weighted by Crippen LogP contribution is -2.15. The van der Waals surface area contributed by atoms with Crippen molar-refractivity contribution in [2.24, 2.45) is 11.8 Å². The number of amides is 2. The van der Waals surface area contributed by atoms with Crippen molar-refractivity contribution in [1.29, 1.82) is 0 Å². The molecule has 0 aliphatic heterocycles. The molecule has 2 aliphatic rings. The molecule has 1 aromatic carbocycles. The third kappa shape index (κ3) is 4.06. The van der Waals surface area contributed by atoms with E-state index in [0.29, 0.717) is 12.3 Å². The second-order valence-electron chi connectivity index (χ2n) is 6.24. The monoisotopic (exact) mass is 286 g/mol. The van der Waals surface area contributed by atoms with Crippen molar-refractivity contribution in [1.82, 2.24) is 0 Å². The van der Waals surface area contributed by atoms with Crippen LogP contribution in [0, 0.1) is 11.8 Å². The van der Waals surface area contributed by atoms with Gasteiger partial charge in [-0.3, -0.25) is 9.59 Å². The SMILES string of the molecule is O=C(CC1CCCC1)Nc1ccc(NC(=O)C2CC2)cc1. The van der Waals surface area contributed by atoms with Gasteiger partial charge in [-0.05, 0) is 55.9 Å². The molecule has 4 heteroatoms. The van der Waals surface area contributed by atoms with Gasteiger partial charge in [-0.1, -0.05) is 12.8 Å². The fraction of sp³-hybridized carbons (Fsp3) is 0.529. The summed E-state index contributed by atoms with van der Waals surface area (Å²) in [6.07, 6.45) is 7.50. The molecule has 0 unspecified atom stereocenters. The van der Waals surface area contributed by atoms with Crippen molar-refractivity contribution in [3.05, 3.63) is 24.3 Å². The molecule has 0 bridgehead atoms. The minimum Gasteiger partial charge on any atom is -0.326 e. The molecular formula is C17H22N2O2. The Morgan fingerprint density at radius 1 is 0.905 bits per heavy atom. The number of carbonyl (C=O) groups excluding carboxylic acids is 2. The smallest absolute Gasteiger partial charge is 0.227 e. The lowest BCUT2D eigenvalue weighted by Gasteiger charge is -2.10. The molecule has 2 fully saturated rings. The maximum absolute atomic E-state index is 11.9. The molecule has 2 amide bonds. The van der Waals surface area contributed by atoms with Crippen molar-refractivity contribution in [2.45, 2.75) is 44.9 Å². The van der Waals surface area contributed by atoms with Crippen LogP contribution in [0.4, 0.5) is 11.4 Å². The Kier molecular flexibility index (Phi) is 4.23. The van der Waals surface area contributed by atoms with E-state index in [1.165, 1.54) is 25.7 Å². The topological polar surface area (TPSA) is 58.2 Å². The van der Waals surface area contributed by atoms with Crippen molar-refractivity contribution >= 4 is 23.2 Å². The van der Waals surface area contributed by atoms with Gasteiger partial charge in [-0.25, -0.2) is 0 Å². The first-order valence-corrected chi connectivity index (χ1v) is 7.91. The maximum atomic E-state index is 11.9. The maximum Gasteiger partial charge on any atom is 0.227 e. The molecule has 4 nitrogen and oxygen atoms in total. The minimum absolute atomic E-state index is 0.0941. The van der Waals surface area contributed by atoms with Gasteiger partial charge in [0.2, 0.25) is 11.8 Å². The zero-order valence-electron chi connectivity index (χ0n) is 12.2. The second kappa shape index (κ2) is 6.29. The number of hydrogen-bond acceptors (Lipinski definition) is 2. The lowest BCUT2D eigenvalue weighted by atomic mass is 10.0. The molecule has 0 saturated heterocycles. The van der Waals surface area contributed by atoms with E-state index in [2.05, 4.69) is 10.6 Å². The largest absolute Gasteiger partial charge is 0.326 e. The molecule has 21 heavy (non-hydrogen) atoms. The second-order valence-corrected chi connectivity index (χ2v) is 6.24. The molecule has 0 atom stereocenters. The summed E-state index contributed by atoms with van der Waals surface area (Å²) in [5.41, 5.74) is 1.59. The van der Waals surface area contributed by atoms with Crippen LogP contribution in [0.3, 0.4) is 0 Å². The summed E-state index contributed by atoms with van der Waals surface area (Å²) in [4.78, 5) is 23.6. The van der Waals surface area contributed by atoms with E-state index in [9.17, 15) is 9.59 Å². The standard InChI is InChI=1S/C17H22N2O2/c20-16(11-12-3-1-2-4-12)18-14-7-9-15(10-8-14)19-17(21)13-5-6-13/h7-10,12-13H,1-6,11H2,(H,18,20)(H,19,21). The normalized spacial score (nSPS) is 18.5. The van der Waals surface area contributed by atoms with E-state index in [0.717, 1.165) is 24.2 Å². The van der Waals surface area contributed by atoms with E-state index in [1.807, 2.05) is 24.3 Å². The van der Waals surface area contributed by atoms with Crippen LogP contribution >= 0.6 is 0 Å². The van der Waals surface area contributed by atoms with Gasteiger partial charge in [0.25, 0.3) is 0 Å². The molecular weight excluding hydrogens is 264 g/mol. The number of benzene rings is 1. The van der Waals surface area contributed by atoms with Crippen molar-refractivity contribution in [3.63, 3.8) is 0 Å². The summed E-state index contributed by atoms with van der Waals surface area (Å²) in [7, 11) is 0. The van der Waals surface area contributed by atoms with Gasteiger partial charge in [0.05, 0.1) is 0 Å². The highest BCUT2D eigenvalue weighted by molar-refractivity contribution is 5.95. The molecule has 1 aromatic rings. The first-order chi connectivity index (χ1) is 10.2. The van der Waals surface area contributed by atoms with Crippen LogP contribution in [0.2, 0.25) is 0 Å². The quantitative estimate of drug-likeness (QED) is 0.869. The number of rotatable bonds is 5. The Morgan fingerprint density at radius 3 is 2.05 bits per heavy atom. The summed E-state index contributed by atoms with van der Waals surface area (Å²) < 4.78 is 0. The van der Waals surface area contributed by atoms with Crippen molar-refractivity contribution < 1.29 is 9.59 Å². The summed E-state index contributed by atoms with van der Waals surface area (Å²) >= 11 is 0. The highest BCUT2D eigenvalue weighted by Crippen LogP contribution is 2.30. The van der Waals surface area contributed by atoms with Crippen LogP contribution in [0.5, 0.6) is 0 Å². The van der Waals surface area contributed by atoms with E-state index >= 15 is 0 Å². The predicted molar refractivity (Wildman–Crippen MR) is 83.0 cm³/mol. The van der Waals surface area contributed by atoms with Gasteiger partial charge in [-0.15, -0.1) is 0 Å². The molecule has 112 valence electrons. The Hall–Kier alpha value is -1.84. The zero-order valence-corrected chi connectivity index (χ0v) is 12.2. The van der Waals surface area contributed by atoms with Crippen molar-refractivity contribution in [3.8, 4) is 0 Å². The number of anilines is 2. The molecule has 0 spiro atoms. The number of hydrogen-bond donors (Lipinski definition) is 2. The van der Waals surface area contributed by atoms with Crippen LogP contribution in [0.1, 0.15) is 44.9 Å². The predicted octanol–water partition coefficient (Wildman–Crippen LogP) is 3.55. The van der Waals surface area contributed by atoms with Gasteiger partial charge in [-0.2, -0.15) is 0 Å². The summed E-state index contributed by atoms with van der Waals surface area (Å²) in [6.45, 7) is 0.